The lowest BCUT2D eigenvalue weighted by Gasteiger charge is -2.11. The molecule has 25 heavy (non-hydrogen) atoms. The van der Waals surface area contributed by atoms with E-state index in [4.69, 9.17) is 11.6 Å². The number of rotatable bonds is 8. The van der Waals surface area contributed by atoms with Crippen molar-refractivity contribution in [2.75, 3.05) is 11.9 Å². The van der Waals surface area contributed by atoms with Gasteiger partial charge in [0.1, 0.15) is 5.69 Å². The van der Waals surface area contributed by atoms with Crippen molar-refractivity contribution in [1.29, 1.82) is 0 Å². The molecule has 0 aliphatic heterocycles. The highest BCUT2D eigenvalue weighted by atomic mass is 35.5. The van der Waals surface area contributed by atoms with Gasteiger partial charge >= 0.3 is 0 Å². The van der Waals surface area contributed by atoms with Crippen molar-refractivity contribution in [1.82, 2.24) is 15.6 Å². The van der Waals surface area contributed by atoms with Gasteiger partial charge in [-0.2, -0.15) is 0 Å². The molecule has 0 saturated carbocycles. The number of benzene rings is 1. The Bertz CT molecular complexity index is 735. The van der Waals surface area contributed by atoms with E-state index in [0.29, 0.717) is 15.8 Å². The zero-order chi connectivity index (χ0) is 18.2. The highest BCUT2D eigenvalue weighted by Crippen LogP contribution is 2.26. The van der Waals surface area contributed by atoms with E-state index in [1.54, 1.807) is 11.4 Å². The third kappa shape index (κ3) is 6.03. The molecule has 2 rings (SSSR count). The standard InChI is InChI=1S/C17H21ClN4O2S/c1-3-11(2)20-15(23)8-9-19-16(24)14-10-25-17(22-14)21-13-7-5-4-6-12(13)18/h4-7,10-11H,3,8-9H2,1-2H3,(H,19,24)(H,20,23)(H,21,22)/t11-/m0/s1. The zero-order valence-corrected chi connectivity index (χ0v) is 15.7. The molecule has 0 fully saturated rings. The van der Waals surface area contributed by atoms with E-state index < -0.39 is 0 Å². The van der Waals surface area contributed by atoms with Crippen molar-refractivity contribution in [2.24, 2.45) is 0 Å². The summed E-state index contributed by atoms with van der Waals surface area (Å²) in [7, 11) is 0. The fourth-order valence-corrected chi connectivity index (χ4v) is 2.83. The first-order valence-electron chi connectivity index (χ1n) is 8.04. The smallest absolute Gasteiger partial charge is 0.270 e. The van der Waals surface area contributed by atoms with Crippen LogP contribution in [0.4, 0.5) is 10.8 Å². The third-order valence-electron chi connectivity index (χ3n) is 3.51. The number of nitrogens with zero attached hydrogens (tertiary/aromatic N) is 1. The molecule has 0 saturated heterocycles. The molecule has 0 unspecified atom stereocenters. The number of hydrogen-bond donors (Lipinski definition) is 3. The Morgan fingerprint density at radius 1 is 1.32 bits per heavy atom. The minimum atomic E-state index is -0.306. The Labute approximate surface area is 156 Å². The quantitative estimate of drug-likeness (QED) is 0.653. The number of carbonyl (C=O) groups is 2. The lowest BCUT2D eigenvalue weighted by atomic mass is 10.2. The van der Waals surface area contributed by atoms with Crippen LogP contribution in [0.2, 0.25) is 5.02 Å². The number of nitrogens with one attached hydrogen (secondary N) is 3. The molecule has 1 aromatic carbocycles. The van der Waals surface area contributed by atoms with E-state index in [9.17, 15) is 9.59 Å². The van der Waals surface area contributed by atoms with Crippen molar-refractivity contribution in [3.8, 4) is 0 Å². The first-order chi connectivity index (χ1) is 12.0. The molecule has 2 amide bonds. The Hall–Kier alpha value is -2.12. The van der Waals surface area contributed by atoms with Gasteiger partial charge in [0.15, 0.2) is 5.13 Å². The number of halogens is 1. The van der Waals surface area contributed by atoms with Gasteiger partial charge in [-0.25, -0.2) is 4.98 Å². The summed E-state index contributed by atoms with van der Waals surface area (Å²) >= 11 is 7.40. The second kappa shape index (κ2) is 9.39. The Morgan fingerprint density at radius 2 is 2.08 bits per heavy atom. The summed E-state index contributed by atoms with van der Waals surface area (Å²) in [5.74, 6) is -0.381. The number of thiazole rings is 1. The van der Waals surface area contributed by atoms with E-state index in [1.165, 1.54) is 11.3 Å². The predicted octanol–water partition coefficient (Wildman–Crippen LogP) is 3.57. The molecule has 0 spiro atoms. The molecule has 1 aromatic heterocycles. The van der Waals surface area contributed by atoms with Crippen molar-refractivity contribution in [3.05, 3.63) is 40.4 Å². The van der Waals surface area contributed by atoms with Gasteiger partial charge in [-0.1, -0.05) is 30.7 Å². The van der Waals surface area contributed by atoms with Crippen molar-refractivity contribution < 1.29 is 9.59 Å². The maximum absolute atomic E-state index is 12.1. The van der Waals surface area contributed by atoms with E-state index in [-0.39, 0.29) is 30.8 Å². The van der Waals surface area contributed by atoms with Crippen LogP contribution < -0.4 is 16.0 Å². The highest BCUT2D eigenvalue weighted by molar-refractivity contribution is 7.14. The largest absolute Gasteiger partial charge is 0.354 e. The molecule has 134 valence electrons. The van der Waals surface area contributed by atoms with Crippen LogP contribution in [0.15, 0.2) is 29.6 Å². The monoisotopic (exact) mass is 380 g/mol. The van der Waals surface area contributed by atoms with Crippen LogP contribution >= 0.6 is 22.9 Å². The summed E-state index contributed by atoms with van der Waals surface area (Å²) in [4.78, 5) is 28.0. The molecule has 0 bridgehead atoms. The number of para-hydroxylation sites is 1. The van der Waals surface area contributed by atoms with Gasteiger partial charge < -0.3 is 16.0 Å². The molecule has 3 N–H and O–H groups in total. The molecule has 6 nitrogen and oxygen atoms in total. The fourth-order valence-electron chi connectivity index (χ4n) is 1.94. The van der Waals surface area contributed by atoms with E-state index >= 15 is 0 Å². The Morgan fingerprint density at radius 3 is 2.80 bits per heavy atom. The molecule has 0 radical (unpaired) electrons. The molecule has 8 heteroatoms. The van der Waals surface area contributed by atoms with Gasteiger partial charge in [0.05, 0.1) is 10.7 Å². The average molecular weight is 381 g/mol. The number of carbonyl (C=O) groups excluding carboxylic acids is 2. The summed E-state index contributed by atoms with van der Waals surface area (Å²) in [5, 5.41) is 11.5. The van der Waals surface area contributed by atoms with Gasteiger partial charge in [-0.05, 0) is 25.5 Å². The van der Waals surface area contributed by atoms with Crippen LogP contribution in [0.1, 0.15) is 37.2 Å². The SMILES string of the molecule is CC[C@H](C)NC(=O)CCNC(=O)c1csc(Nc2ccccc2Cl)n1. The van der Waals surface area contributed by atoms with Crippen molar-refractivity contribution in [2.45, 2.75) is 32.7 Å². The number of amides is 2. The average Bonchev–Trinajstić information content (AvgIpc) is 3.05. The number of anilines is 2. The van der Waals surface area contributed by atoms with Crippen LogP contribution in [-0.2, 0) is 4.79 Å². The van der Waals surface area contributed by atoms with Crippen molar-refractivity contribution >= 4 is 45.6 Å². The van der Waals surface area contributed by atoms with Crippen LogP contribution in [0.25, 0.3) is 0 Å². The maximum Gasteiger partial charge on any atom is 0.270 e. The minimum Gasteiger partial charge on any atom is -0.354 e. The molecule has 1 atom stereocenters. The minimum absolute atomic E-state index is 0.0750. The molecule has 0 aliphatic carbocycles. The molecule has 2 aromatic rings. The second-order valence-electron chi connectivity index (χ2n) is 5.53. The van der Waals surface area contributed by atoms with Crippen LogP contribution in [0, 0.1) is 0 Å². The Kier molecular flexibility index (Phi) is 7.21. The third-order valence-corrected chi connectivity index (χ3v) is 4.60. The second-order valence-corrected chi connectivity index (χ2v) is 6.79. The molecule has 0 aliphatic rings. The van der Waals surface area contributed by atoms with Crippen LogP contribution in [0.5, 0.6) is 0 Å². The highest BCUT2D eigenvalue weighted by Gasteiger charge is 2.12. The molecular formula is C17H21ClN4O2S. The lowest BCUT2D eigenvalue weighted by molar-refractivity contribution is -0.121. The first kappa shape index (κ1) is 19.2. The fraction of sp³-hybridized carbons (Fsp3) is 0.353. The molecule has 1 heterocycles. The zero-order valence-electron chi connectivity index (χ0n) is 14.1. The van der Waals surface area contributed by atoms with Gasteiger partial charge in [0.2, 0.25) is 5.91 Å². The summed E-state index contributed by atoms with van der Waals surface area (Å²) in [6, 6.07) is 7.45. The summed E-state index contributed by atoms with van der Waals surface area (Å²) < 4.78 is 0. The van der Waals surface area contributed by atoms with E-state index in [2.05, 4.69) is 20.9 Å². The number of hydrogen-bond acceptors (Lipinski definition) is 5. The van der Waals surface area contributed by atoms with E-state index in [1.807, 2.05) is 32.0 Å². The van der Waals surface area contributed by atoms with Gasteiger partial charge in [-0.3, -0.25) is 9.59 Å². The predicted molar refractivity (Wildman–Crippen MR) is 102 cm³/mol. The van der Waals surface area contributed by atoms with Crippen LogP contribution in [-0.4, -0.2) is 29.4 Å². The van der Waals surface area contributed by atoms with E-state index in [0.717, 1.165) is 12.1 Å². The van der Waals surface area contributed by atoms with Gasteiger partial charge in [0.25, 0.3) is 5.91 Å². The van der Waals surface area contributed by atoms with Gasteiger partial charge in [0, 0.05) is 24.4 Å². The lowest BCUT2D eigenvalue weighted by Crippen LogP contribution is -2.35. The first-order valence-corrected chi connectivity index (χ1v) is 9.30. The normalized spacial score (nSPS) is 11.6. The summed E-state index contributed by atoms with van der Waals surface area (Å²) in [5.41, 5.74) is 1.04. The van der Waals surface area contributed by atoms with Crippen LogP contribution in [0.3, 0.4) is 0 Å². The summed E-state index contributed by atoms with van der Waals surface area (Å²) in [6.45, 7) is 4.22. The maximum atomic E-state index is 12.1. The summed E-state index contributed by atoms with van der Waals surface area (Å²) in [6.07, 6.45) is 1.11. The van der Waals surface area contributed by atoms with Crippen molar-refractivity contribution in [3.63, 3.8) is 0 Å². The Balaban J connectivity index is 1.82. The van der Waals surface area contributed by atoms with Gasteiger partial charge in [-0.15, -0.1) is 11.3 Å². The topological polar surface area (TPSA) is 83.1 Å². The molecular weight excluding hydrogens is 360 g/mol. The number of aromatic nitrogens is 1.